The van der Waals surface area contributed by atoms with Crippen LogP contribution in [0.2, 0.25) is 0 Å². The van der Waals surface area contributed by atoms with Crippen molar-refractivity contribution in [2.45, 2.75) is 44.5 Å². The van der Waals surface area contributed by atoms with Crippen molar-refractivity contribution in [3.05, 3.63) is 24.3 Å². The zero-order valence-electron chi connectivity index (χ0n) is 11.2. The van der Waals surface area contributed by atoms with E-state index >= 15 is 0 Å². The van der Waals surface area contributed by atoms with Gasteiger partial charge in [0.1, 0.15) is 17.6 Å². The normalized spacial score (nSPS) is 29.7. The topological polar surface area (TPSA) is 18.5 Å². The summed E-state index contributed by atoms with van der Waals surface area (Å²) in [6, 6.07) is 5.42. The molecule has 3 atom stereocenters. The van der Waals surface area contributed by atoms with Crippen molar-refractivity contribution in [2.75, 3.05) is 0 Å². The van der Waals surface area contributed by atoms with Crippen LogP contribution in [-0.4, -0.2) is 17.8 Å². The number of rotatable bonds is 4. The van der Waals surface area contributed by atoms with E-state index in [1.807, 2.05) is 6.92 Å². The molecular weight excluding hydrogens is 293 g/mol. The van der Waals surface area contributed by atoms with Gasteiger partial charge in [0.15, 0.2) is 0 Å². The van der Waals surface area contributed by atoms with Crippen molar-refractivity contribution < 1.29 is 22.6 Å². The third-order valence-corrected chi connectivity index (χ3v) is 4.65. The molecule has 1 aromatic rings. The highest BCUT2D eigenvalue weighted by atomic mass is 35.5. The molecule has 1 aliphatic carbocycles. The Balaban J connectivity index is 1.98. The van der Waals surface area contributed by atoms with Crippen LogP contribution in [-0.2, 0) is 0 Å². The molecule has 6 heteroatoms. The van der Waals surface area contributed by atoms with E-state index in [0.717, 1.165) is 12.8 Å². The first-order valence-corrected chi connectivity index (χ1v) is 6.85. The largest absolute Gasteiger partial charge is 0.573 e. The van der Waals surface area contributed by atoms with Crippen LogP contribution in [0.15, 0.2) is 24.3 Å². The summed E-state index contributed by atoms with van der Waals surface area (Å²) >= 11 is 6.19. The molecule has 1 aliphatic rings. The lowest BCUT2D eigenvalue weighted by molar-refractivity contribution is -0.274. The molecule has 0 amide bonds. The van der Waals surface area contributed by atoms with Gasteiger partial charge in [-0.25, -0.2) is 0 Å². The van der Waals surface area contributed by atoms with Gasteiger partial charge in [0.25, 0.3) is 0 Å². The molecule has 1 saturated carbocycles. The van der Waals surface area contributed by atoms with Crippen LogP contribution in [0, 0.1) is 5.41 Å². The molecule has 20 heavy (non-hydrogen) atoms. The highest BCUT2D eigenvalue weighted by molar-refractivity contribution is 6.21. The van der Waals surface area contributed by atoms with Crippen LogP contribution >= 0.6 is 11.6 Å². The molecule has 0 heterocycles. The molecule has 2 nitrogen and oxygen atoms in total. The summed E-state index contributed by atoms with van der Waals surface area (Å²) in [5.74, 6) is 0.264. The molecule has 112 valence electrons. The fraction of sp³-hybridized carbons (Fsp3) is 0.571. The van der Waals surface area contributed by atoms with E-state index in [0.29, 0.717) is 5.75 Å². The Kier molecular flexibility index (Phi) is 4.09. The predicted molar refractivity (Wildman–Crippen MR) is 70.2 cm³/mol. The minimum atomic E-state index is -4.68. The van der Waals surface area contributed by atoms with Gasteiger partial charge in [0.05, 0.1) is 0 Å². The average molecular weight is 309 g/mol. The molecule has 1 aromatic carbocycles. The highest BCUT2D eigenvalue weighted by Crippen LogP contribution is 2.49. The lowest BCUT2D eigenvalue weighted by atomic mass is 9.65. The number of hydrogen-bond acceptors (Lipinski definition) is 2. The van der Waals surface area contributed by atoms with Crippen LogP contribution in [0.3, 0.4) is 0 Å². The Morgan fingerprint density at radius 2 is 1.80 bits per heavy atom. The first-order chi connectivity index (χ1) is 9.24. The van der Waals surface area contributed by atoms with Crippen molar-refractivity contribution in [3.63, 3.8) is 0 Å². The van der Waals surface area contributed by atoms with Crippen molar-refractivity contribution in [1.82, 2.24) is 0 Å². The number of alkyl halides is 4. The molecule has 0 radical (unpaired) electrons. The van der Waals surface area contributed by atoms with Gasteiger partial charge >= 0.3 is 6.36 Å². The third kappa shape index (κ3) is 3.14. The summed E-state index contributed by atoms with van der Waals surface area (Å²) in [7, 11) is 0. The zero-order valence-corrected chi connectivity index (χ0v) is 12.0. The number of halogens is 4. The second kappa shape index (κ2) is 5.35. The number of ether oxygens (including phenoxy) is 2. The first-order valence-electron chi connectivity index (χ1n) is 6.41. The van der Waals surface area contributed by atoms with Crippen molar-refractivity contribution in [3.8, 4) is 11.5 Å². The molecule has 0 saturated heterocycles. The number of benzene rings is 1. The van der Waals surface area contributed by atoms with Crippen LogP contribution in [0.4, 0.5) is 13.2 Å². The monoisotopic (exact) mass is 308 g/mol. The summed E-state index contributed by atoms with van der Waals surface area (Å²) in [5, 5.41) is 0.0744. The van der Waals surface area contributed by atoms with Crippen LogP contribution < -0.4 is 9.47 Å². The minimum absolute atomic E-state index is 0.00983. The van der Waals surface area contributed by atoms with E-state index in [1.165, 1.54) is 24.3 Å². The minimum Gasteiger partial charge on any atom is -0.490 e. The summed E-state index contributed by atoms with van der Waals surface area (Å²) in [4.78, 5) is 0. The molecule has 0 spiro atoms. The van der Waals surface area contributed by atoms with E-state index in [4.69, 9.17) is 16.3 Å². The zero-order chi connectivity index (χ0) is 15.0. The van der Waals surface area contributed by atoms with Crippen LogP contribution in [0.5, 0.6) is 11.5 Å². The molecule has 0 aliphatic heterocycles. The Morgan fingerprint density at radius 3 is 2.25 bits per heavy atom. The fourth-order valence-electron chi connectivity index (χ4n) is 2.28. The average Bonchev–Trinajstić information content (AvgIpc) is 2.37. The van der Waals surface area contributed by atoms with E-state index in [1.54, 1.807) is 0 Å². The molecule has 0 bridgehead atoms. The van der Waals surface area contributed by atoms with Gasteiger partial charge in [0.2, 0.25) is 0 Å². The second-order valence-electron chi connectivity index (χ2n) is 5.19. The van der Waals surface area contributed by atoms with Crippen molar-refractivity contribution >= 4 is 11.6 Å². The molecule has 2 rings (SSSR count). The molecule has 0 aromatic heterocycles. The van der Waals surface area contributed by atoms with Gasteiger partial charge in [-0.15, -0.1) is 24.8 Å². The SMILES string of the molecule is CCC1(C)C(Cl)CC1Oc1ccc(OC(F)(F)F)cc1. The van der Waals surface area contributed by atoms with Crippen LogP contribution in [0.25, 0.3) is 0 Å². The maximum absolute atomic E-state index is 12.0. The standard InChI is InChI=1S/C14H16ClF3O2/c1-3-13(2)11(15)8-12(13)19-9-4-6-10(7-5-9)20-14(16,17)18/h4-7,11-12H,3,8H2,1-2H3. The maximum Gasteiger partial charge on any atom is 0.573 e. The van der Waals surface area contributed by atoms with Gasteiger partial charge in [0, 0.05) is 17.2 Å². The predicted octanol–water partition coefficient (Wildman–Crippen LogP) is 4.76. The van der Waals surface area contributed by atoms with Crippen LogP contribution in [0.1, 0.15) is 26.7 Å². The van der Waals surface area contributed by atoms with Gasteiger partial charge in [-0.05, 0) is 30.7 Å². The van der Waals surface area contributed by atoms with E-state index in [-0.39, 0.29) is 22.6 Å². The Bertz CT molecular complexity index is 460. The molecule has 0 N–H and O–H groups in total. The van der Waals surface area contributed by atoms with E-state index in [2.05, 4.69) is 11.7 Å². The maximum atomic E-state index is 12.0. The smallest absolute Gasteiger partial charge is 0.490 e. The molecule has 1 fully saturated rings. The Hall–Kier alpha value is -1.10. The Morgan fingerprint density at radius 1 is 1.25 bits per heavy atom. The lowest BCUT2D eigenvalue weighted by Gasteiger charge is -2.50. The van der Waals surface area contributed by atoms with Gasteiger partial charge in [-0.1, -0.05) is 13.8 Å². The van der Waals surface area contributed by atoms with E-state index in [9.17, 15) is 13.2 Å². The van der Waals surface area contributed by atoms with Crippen molar-refractivity contribution in [1.29, 1.82) is 0 Å². The van der Waals surface area contributed by atoms with Gasteiger partial charge < -0.3 is 9.47 Å². The summed E-state index contributed by atoms with van der Waals surface area (Å²) < 4.78 is 45.7. The Labute approximate surface area is 120 Å². The van der Waals surface area contributed by atoms with E-state index < -0.39 is 6.36 Å². The summed E-state index contributed by atoms with van der Waals surface area (Å²) in [5.41, 5.74) is -0.0945. The van der Waals surface area contributed by atoms with Gasteiger partial charge in [-0.3, -0.25) is 0 Å². The fourth-order valence-corrected chi connectivity index (χ4v) is 2.74. The third-order valence-electron chi connectivity index (χ3n) is 3.97. The van der Waals surface area contributed by atoms with Crippen molar-refractivity contribution in [2.24, 2.45) is 5.41 Å². The quantitative estimate of drug-likeness (QED) is 0.747. The van der Waals surface area contributed by atoms with Gasteiger partial charge in [-0.2, -0.15) is 0 Å². The molecular formula is C14H16ClF3O2. The highest BCUT2D eigenvalue weighted by Gasteiger charge is 2.51. The lowest BCUT2D eigenvalue weighted by Crippen LogP contribution is -2.55. The summed E-state index contributed by atoms with van der Waals surface area (Å²) in [6.45, 7) is 4.10. The summed E-state index contributed by atoms with van der Waals surface area (Å²) in [6.07, 6.45) is -3.05. The first kappa shape index (κ1) is 15.3. The molecule has 3 unspecified atom stereocenters. The number of hydrogen-bond donors (Lipinski definition) is 0. The second-order valence-corrected chi connectivity index (χ2v) is 5.72.